The highest BCUT2D eigenvalue weighted by atomic mass is 32.2. The molecule has 0 saturated carbocycles. The highest BCUT2D eigenvalue weighted by Gasteiger charge is 2.23. The Labute approximate surface area is 177 Å². The van der Waals surface area contributed by atoms with Crippen molar-refractivity contribution in [3.8, 4) is 0 Å². The molecule has 7 heteroatoms. The topological polar surface area (TPSA) is 109 Å². The maximum atomic E-state index is 11.9. The SMILES string of the molecule is CC(N)c1ccccc1.O=C(O)CS(=O)(=O)NC(c1ccccc1)c1ccccc1. The lowest BCUT2D eigenvalue weighted by molar-refractivity contribution is -0.134. The van der Waals surface area contributed by atoms with Gasteiger partial charge < -0.3 is 10.8 Å². The molecule has 0 radical (unpaired) electrons. The van der Waals surface area contributed by atoms with Crippen LogP contribution in [0.15, 0.2) is 91.0 Å². The predicted molar refractivity (Wildman–Crippen MR) is 118 cm³/mol. The number of carboxylic acids is 1. The van der Waals surface area contributed by atoms with E-state index in [9.17, 15) is 13.2 Å². The van der Waals surface area contributed by atoms with Gasteiger partial charge in [-0.25, -0.2) is 13.1 Å². The quantitative estimate of drug-likeness (QED) is 0.536. The Morgan fingerprint density at radius 3 is 1.50 bits per heavy atom. The van der Waals surface area contributed by atoms with E-state index in [0.717, 1.165) is 11.1 Å². The minimum absolute atomic E-state index is 0.159. The van der Waals surface area contributed by atoms with Crippen LogP contribution in [0.25, 0.3) is 0 Å². The molecular formula is C23H26N2O4S. The van der Waals surface area contributed by atoms with E-state index in [0.29, 0.717) is 0 Å². The monoisotopic (exact) mass is 426 g/mol. The first-order chi connectivity index (χ1) is 14.3. The van der Waals surface area contributed by atoms with Crippen LogP contribution in [0.1, 0.15) is 35.7 Å². The lowest BCUT2D eigenvalue weighted by atomic mass is 10.00. The number of carboxylic acid groups (broad SMARTS) is 1. The zero-order chi connectivity index (χ0) is 22.0. The molecule has 0 aliphatic carbocycles. The van der Waals surface area contributed by atoms with Crippen LogP contribution in [0.5, 0.6) is 0 Å². The van der Waals surface area contributed by atoms with E-state index in [-0.39, 0.29) is 6.04 Å². The minimum atomic E-state index is -3.93. The number of aliphatic carboxylic acids is 1. The molecule has 0 aliphatic heterocycles. The van der Waals surface area contributed by atoms with Crippen molar-refractivity contribution >= 4 is 16.0 Å². The van der Waals surface area contributed by atoms with E-state index < -0.39 is 27.8 Å². The largest absolute Gasteiger partial charge is 0.480 e. The van der Waals surface area contributed by atoms with Crippen molar-refractivity contribution in [1.29, 1.82) is 0 Å². The first-order valence-corrected chi connectivity index (χ1v) is 11.1. The third kappa shape index (κ3) is 7.79. The van der Waals surface area contributed by atoms with Crippen molar-refractivity contribution < 1.29 is 18.3 Å². The van der Waals surface area contributed by atoms with E-state index in [1.807, 2.05) is 49.4 Å². The number of benzene rings is 3. The van der Waals surface area contributed by atoms with E-state index >= 15 is 0 Å². The number of sulfonamides is 1. The Morgan fingerprint density at radius 2 is 1.20 bits per heavy atom. The van der Waals surface area contributed by atoms with Crippen LogP contribution in [-0.2, 0) is 14.8 Å². The van der Waals surface area contributed by atoms with Gasteiger partial charge >= 0.3 is 5.97 Å². The van der Waals surface area contributed by atoms with Gasteiger partial charge in [0.15, 0.2) is 5.75 Å². The van der Waals surface area contributed by atoms with Gasteiger partial charge in [-0.1, -0.05) is 91.0 Å². The van der Waals surface area contributed by atoms with Crippen LogP contribution < -0.4 is 10.5 Å². The molecule has 6 nitrogen and oxygen atoms in total. The summed E-state index contributed by atoms with van der Waals surface area (Å²) in [7, 11) is -3.93. The third-order valence-corrected chi connectivity index (χ3v) is 5.42. The molecule has 1 atom stereocenters. The highest BCUT2D eigenvalue weighted by Crippen LogP contribution is 2.22. The van der Waals surface area contributed by atoms with Crippen molar-refractivity contribution in [2.45, 2.75) is 19.0 Å². The van der Waals surface area contributed by atoms with Gasteiger partial charge in [-0.15, -0.1) is 0 Å². The van der Waals surface area contributed by atoms with Crippen LogP contribution >= 0.6 is 0 Å². The van der Waals surface area contributed by atoms with Crippen LogP contribution in [0.4, 0.5) is 0 Å². The van der Waals surface area contributed by atoms with E-state index in [2.05, 4.69) is 4.72 Å². The second-order valence-corrected chi connectivity index (χ2v) is 8.48. The van der Waals surface area contributed by atoms with E-state index in [4.69, 9.17) is 10.8 Å². The summed E-state index contributed by atoms with van der Waals surface area (Å²) in [6, 6.07) is 27.6. The molecule has 1 unspecified atom stereocenters. The molecule has 158 valence electrons. The van der Waals surface area contributed by atoms with Gasteiger partial charge in [-0.2, -0.15) is 0 Å². The Bertz CT molecular complexity index is 969. The third-order valence-electron chi connectivity index (χ3n) is 4.20. The molecule has 0 saturated heterocycles. The number of carbonyl (C=O) groups is 1. The van der Waals surface area contributed by atoms with Gasteiger partial charge in [0.2, 0.25) is 10.0 Å². The van der Waals surface area contributed by atoms with Crippen LogP contribution in [0.3, 0.4) is 0 Å². The molecule has 0 bridgehead atoms. The number of hydrogen-bond acceptors (Lipinski definition) is 4. The van der Waals surface area contributed by atoms with E-state index in [1.165, 1.54) is 5.56 Å². The fourth-order valence-corrected chi connectivity index (χ4v) is 3.80. The maximum Gasteiger partial charge on any atom is 0.320 e. The fraction of sp³-hybridized carbons (Fsp3) is 0.174. The molecule has 0 aromatic heterocycles. The molecule has 0 spiro atoms. The first kappa shape index (κ1) is 23.3. The zero-order valence-corrected chi connectivity index (χ0v) is 17.5. The molecule has 30 heavy (non-hydrogen) atoms. The van der Waals surface area contributed by atoms with Gasteiger partial charge in [0.05, 0.1) is 6.04 Å². The highest BCUT2D eigenvalue weighted by molar-refractivity contribution is 7.90. The van der Waals surface area contributed by atoms with Gasteiger partial charge in [0, 0.05) is 6.04 Å². The maximum absolute atomic E-state index is 11.9. The summed E-state index contributed by atoms with van der Waals surface area (Å²) in [6.07, 6.45) is 0. The average Bonchev–Trinajstić information content (AvgIpc) is 2.73. The minimum Gasteiger partial charge on any atom is -0.480 e. The predicted octanol–water partition coefficient (Wildman–Crippen LogP) is 3.49. The molecule has 0 fully saturated rings. The lowest BCUT2D eigenvalue weighted by Crippen LogP contribution is -2.33. The fourth-order valence-electron chi connectivity index (χ4n) is 2.76. The zero-order valence-electron chi connectivity index (χ0n) is 16.7. The van der Waals surface area contributed by atoms with Crippen molar-refractivity contribution in [3.63, 3.8) is 0 Å². The summed E-state index contributed by atoms with van der Waals surface area (Å²) in [5.74, 6) is -2.34. The molecule has 0 aliphatic rings. The smallest absolute Gasteiger partial charge is 0.320 e. The Morgan fingerprint density at radius 1 is 0.833 bits per heavy atom. The molecular weight excluding hydrogens is 400 g/mol. The molecule has 3 aromatic carbocycles. The van der Waals surface area contributed by atoms with Crippen molar-refractivity contribution in [3.05, 3.63) is 108 Å². The van der Waals surface area contributed by atoms with Gasteiger partial charge in [-0.3, -0.25) is 4.79 Å². The Balaban J connectivity index is 0.000000297. The summed E-state index contributed by atoms with van der Waals surface area (Å²) < 4.78 is 26.3. The molecule has 3 aromatic rings. The van der Waals surface area contributed by atoms with Crippen molar-refractivity contribution in [2.24, 2.45) is 5.73 Å². The number of rotatable bonds is 7. The summed E-state index contributed by atoms with van der Waals surface area (Å²) >= 11 is 0. The van der Waals surface area contributed by atoms with E-state index in [1.54, 1.807) is 48.5 Å². The molecule has 3 rings (SSSR count). The van der Waals surface area contributed by atoms with Gasteiger partial charge in [0.25, 0.3) is 0 Å². The lowest BCUT2D eigenvalue weighted by Gasteiger charge is -2.19. The van der Waals surface area contributed by atoms with Gasteiger partial charge in [0.1, 0.15) is 0 Å². The Hall–Kier alpha value is -3.00. The second-order valence-electron chi connectivity index (χ2n) is 6.72. The van der Waals surface area contributed by atoms with Crippen LogP contribution in [0, 0.1) is 0 Å². The summed E-state index contributed by atoms with van der Waals surface area (Å²) in [6.45, 7) is 1.98. The first-order valence-electron chi connectivity index (χ1n) is 9.40. The summed E-state index contributed by atoms with van der Waals surface area (Å²) in [4.78, 5) is 10.7. The number of nitrogens with one attached hydrogen (secondary N) is 1. The molecule has 0 heterocycles. The standard InChI is InChI=1S/C15H15NO4S.C8H11N/c17-14(18)11-21(19,20)16-15(12-7-3-1-4-8-12)13-9-5-2-6-10-13;1-7(9)8-5-3-2-4-6-8/h1-10,15-16H,11H2,(H,17,18);2-7H,9H2,1H3. The van der Waals surface area contributed by atoms with Crippen LogP contribution in [-0.4, -0.2) is 25.2 Å². The normalized spacial score (nSPS) is 12.0. The summed E-state index contributed by atoms with van der Waals surface area (Å²) in [5, 5.41) is 8.68. The Kier molecular flexibility index (Phi) is 8.73. The van der Waals surface area contributed by atoms with Crippen molar-refractivity contribution in [2.75, 3.05) is 5.75 Å². The van der Waals surface area contributed by atoms with Gasteiger partial charge in [-0.05, 0) is 23.6 Å². The number of nitrogens with two attached hydrogens (primary N) is 1. The average molecular weight is 427 g/mol. The number of hydrogen-bond donors (Lipinski definition) is 3. The summed E-state index contributed by atoms with van der Waals surface area (Å²) in [5.41, 5.74) is 8.30. The molecule has 0 amide bonds. The molecule has 4 N–H and O–H groups in total. The van der Waals surface area contributed by atoms with Crippen molar-refractivity contribution in [1.82, 2.24) is 4.72 Å². The van der Waals surface area contributed by atoms with Crippen LogP contribution in [0.2, 0.25) is 0 Å². The second kappa shape index (κ2) is 11.3.